The van der Waals surface area contributed by atoms with E-state index in [1.165, 1.54) is 6.07 Å². The van der Waals surface area contributed by atoms with Crippen molar-refractivity contribution >= 4 is 27.5 Å². The fourth-order valence-corrected chi connectivity index (χ4v) is 2.79. The van der Waals surface area contributed by atoms with Gasteiger partial charge in [0.1, 0.15) is 5.82 Å². The third kappa shape index (κ3) is 3.56. The van der Waals surface area contributed by atoms with Crippen LogP contribution >= 0.6 is 27.5 Å². The van der Waals surface area contributed by atoms with Crippen molar-refractivity contribution in [3.8, 4) is 0 Å². The molecule has 2 rings (SSSR count). The molecule has 1 atom stereocenters. The van der Waals surface area contributed by atoms with Crippen LogP contribution in [-0.4, -0.2) is 6.54 Å². The molecule has 0 fully saturated rings. The van der Waals surface area contributed by atoms with Crippen molar-refractivity contribution in [3.63, 3.8) is 0 Å². The molecule has 2 aromatic rings. The lowest BCUT2D eigenvalue weighted by Crippen LogP contribution is -2.15. The Morgan fingerprint density at radius 2 is 1.95 bits per heavy atom. The summed E-state index contributed by atoms with van der Waals surface area (Å²) < 4.78 is 13.7. The maximum atomic E-state index is 13.2. The van der Waals surface area contributed by atoms with Crippen molar-refractivity contribution in [2.45, 2.75) is 12.3 Å². The average Bonchev–Trinajstić information content (AvgIpc) is 2.41. The monoisotopic (exact) mass is 341 g/mol. The molecule has 0 heterocycles. The van der Waals surface area contributed by atoms with Crippen LogP contribution in [0.5, 0.6) is 0 Å². The molecule has 0 amide bonds. The second-order valence-electron chi connectivity index (χ2n) is 4.41. The molecule has 0 radical (unpaired) electrons. The summed E-state index contributed by atoms with van der Waals surface area (Å²) in [6.45, 7) is 0.499. The minimum Gasteiger partial charge on any atom is -0.330 e. The van der Waals surface area contributed by atoms with E-state index in [0.717, 1.165) is 22.6 Å². The van der Waals surface area contributed by atoms with E-state index in [0.29, 0.717) is 11.0 Å². The Kier molecular flexibility index (Phi) is 4.97. The molecule has 0 spiro atoms. The minimum absolute atomic E-state index is 0.131. The van der Waals surface area contributed by atoms with Crippen LogP contribution in [-0.2, 0) is 6.42 Å². The van der Waals surface area contributed by atoms with Gasteiger partial charge in [-0.1, -0.05) is 35.9 Å². The topological polar surface area (TPSA) is 26.0 Å². The summed E-state index contributed by atoms with van der Waals surface area (Å²) >= 11 is 9.39. The Hall–Kier alpha value is -0.900. The van der Waals surface area contributed by atoms with Crippen LogP contribution in [0, 0.1) is 5.82 Å². The highest BCUT2D eigenvalue weighted by atomic mass is 79.9. The molecule has 0 aliphatic rings. The lowest BCUT2D eigenvalue weighted by molar-refractivity contribution is 0.618. The summed E-state index contributed by atoms with van der Waals surface area (Å²) in [4.78, 5) is 0. The first-order valence-corrected chi connectivity index (χ1v) is 7.17. The van der Waals surface area contributed by atoms with E-state index in [2.05, 4.69) is 15.9 Å². The maximum Gasteiger partial charge on any atom is 0.137 e. The zero-order chi connectivity index (χ0) is 13.8. The maximum absolute atomic E-state index is 13.2. The molecule has 1 nitrogen and oxygen atoms in total. The van der Waals surface area contributed by atoms with Crippen molar-refractivity contribution in [3.05, 3.63) is 68.9 Å². The van der Waals surface area contributed by atoms with Gasteiger partial charge in [0.15, 0.2) is 0 Å². The SMILES string of the molecule is NCC(Cc1ccc(F)c(Br)c1)c1ccccc1Cl. The number of halogens is 3. The van der Waals surface area contributed by atoms with Crippen molar-refractivity contribution in [1.82, 2.24) is 0 Å². The lowest BCUT2D eigenvalue weighted by Gasteiger charge is -2.17. The molecule has 2 N–H and O–H groups in total. The molecular formula is C15H14BrClFN. The Balaban J connectivity index is 2.24. The van der Waals surface area contributed by atoms with Gasteiger partial charge in [-0.05, 0) is 58.2 Å². The highest BCUT2D eigenvalue weighted by Crippen LogP contribution is 2.28. The summed E-state index contributed by atoms with van der Waals surface area (Å²) in [7, 11) is 0. The molecular weight excluding hydrogens is 329 g/mol. The van der Waals surface area contributed by atoms with Crippen molar-refractivity contribution in [1.29, 1.82) is 0 Å². The van der Waals surface area contributed by atoms with E-state index >= 15 is 0 Å². The van der Waals surface area contributed by atoms with Crippen LogP contribution in [0.4, 0.5) is 4.39 Å². The summed E-state index contributed by atoms with van der Waals surface area (Å²) in [5.41, 5.74) is 7.91. The highest BCUT2D eigenvalue weighted by molar-refractivity contribution is 9.10. The van der Waals surface area contributed by atoms with Gasteiger partial charge in [-0.2, -0.15) is 0 Å². The smallest absolute Gasteiger partial charge is 0.137 e. The van der Waals surface area contributed by atoms with Crippen molar-refractivity contribution in [2.24, 2.45) is 5.73 Å². The number of hydrogen-bond acceptors (Lipinski definition) is 1. The number of rotatable bonds is 4. The Bertz CT molecular complexity index is 574. The quantitative estimate of drug-likeness (QED) is 0.868. The van der Waals surface area contributed by atoms with Gasteiger partial charge in [0.25, 0.3) is 0 Å². The van der Waals surface area contributed by atoms with Gasteiger partial charge in [-0.25, -0.2) is 4.39 Å². The molecule has 4 heteroatoms. The number of hydrogen-bond donors (Lipinski definition) is 1. The second kappa shape index (κ2) is 6.51. The van der Waals surface area contributed by atoms with Gasteiger partial charge < -0.3 is 5.73 Å². The van der Waals surface area contributed by atoms with E-state index in [1.807, 2.05) is 24.3 Å². The van der Waals surface area contributed by atoms with Crippen molar-refractivity contribution < 1.29 is 4.39 Å². The minimum atomic E-state index is -0.259. The van der Waals surface area contributed by atoms with Crippen LogP contribution < -0.4 is 5.73 Å². The third-order valence-corrected chi connectivity index (χ3v) is 4.05. The van der Waals surface area contributed by atoms with Crippen LogP contribution in [0.3, 0.4) is 0 Å². The Morgan fingerprint density at radius 1 is 1.21 bits per heavy atom. The fourth-order valence-electron chi connectivity index (χ4n) is 2.08. The first kappa shape index (κ1) is 14.5. The van der Waals surface area contributed by atoms with E-state index in [1.54, 1.807) is 12.1 Å². The van der Waals surface area contributed by atoms with Crippen molar-refractivity contribution in [2.75, 3.05) is 6.54 Å². The van der Waals surface area contributed by atoms with E-state index in [-0.39, 0.29) is 11.7 Å². The molecule has 19 heavy (non-hydrogen) atoms. The van der Waals surface area contributed by atoms with E-state index in [4.69, 9.17) is 17.3 Å². The first-order chi connectivity index (χ1) is 9.11. The Morgan fingerprint density at radius 3 is 2.58 bits per heavy atom. The van der Waals surface area contributed by atoms with Gasteiger partial charge in [0.2, 0.25) is 0 Å². The largest absolute Gasteiger partial charge is 0.330 e. The van der Waals surface area contributed by atoms with Gasteiger partial charge in [-0.15, -0.1) is 0 Å². The second-order valence-corrected chi connectivity index (χ2v) is 5.67. The average molecular weight is 343 g/mol. The molecule has 100 valence electrons. The first-order valence-electron chi connectivity index (χ1n) is 6.00. The standard InChI is InChI=1S/C15H14BrClFN/c16-13-8-10(5-6-15(13)18)7-11(9-19)12-3-1-2-4-14(12)17/h1-6,8,11H,7,9,19H2. The molecule has 0 aliphatic heterocycles. The van der Waals surface area contributed by atoms with Crippen LogP contribution in [0.2, 0.25) is 5.02 Å². The normalized spacial score (nSPS) is 12.4. The van der Waals surface area contributed by atoms with Crippen LogP contribution in [0.15, 0.2) is 46.9 Å². The van der Waals surface area contributed by atoms with E-state index < -0.39 is 0 Å². The highest BCUT2D eigenvalue weighted by Gasteiger charge is 2.14. The molecule has 0 aromatic heterocycles. The molecule has 0 bridgehead atoms. The summed E-state index contributed by atoms with van der Waals surface area (Å²) in [5.74, 6) is -0.128. The third-order valence-electron chi connectivity index (χ3n) is 3.10. The summed E-state index contributed by atoms with van der Waals surface area (Å²) in [6.07, 6.45) is 0.735. The molecule has 0 saturated heterocycles. The molecule has 1 unspecified atom stereocenters. The summed E-state index contributed by atoms with van der Waals surface area (Å²) in [5, 5.41) is 0.721. The van der Waals surface area contributed by atoms with Crippen LogP contribution in [0.1, 0.15) is 17.0 Å². The molecule has 0 aliphatic carbocycles. The number of nitrogens with two attached hydrogens (primary N) is 1. The number of benzene rings is 2. The van der Waals surface area contributed by atoms with Gasteiger partial charge in [0, 0.05) is 10.9 Å². The predicted molar refractivity (Wildman–Crippen MR) is 81.1 cm³/mol. The molecule has 2 aromatic carbocycles. The van der Waals surface area contributed by atoms with Gasteiger partial charge in [-0.3, -0.25) is 0 Å². The molecule has 0 saturated carbocycles. The fraction of sp³-hybridized carbons (Fsp3) is 0.200. The van der Waals surface area contributed by atoms with E-state index in [9.17, 15) is 4.39 Å². The van der Waals surface area contributed by atoms with Gasteiger partial charge >= 0.3 is 0 Å². The Labute approximate surface area is 125 Å². The predicted octanol–water partition coefficient (Wildman–Crippen LogP) is 4.53. The van der Waals surface area contributed by atoms with Crippen LogP contribution in [0.25, 0.3) is 0 Å². The lowest BCUT2D eigenvalue weighted by atomic mass is 9.92. The van der Waals surface area contributed by atoms with Gasteiger partial charge in [0.05, 0.1) is 4.47 Å². The zero-order valence-electron chi connectivity index (χ0n) is 10.2. The summed E-state index contributed by atoms with van der Waals surface area (Å²) in [6, 6.07) is 12.7. The zero-order valence-corrected chi connectivity index (χ0v) is 12.6.